The molecule has 0 bridgehead atoms. The van der Waals surface area contributed by atoms with Crippen molar-refractivity contribution >= 4 is 5.69 Å². The van der Waals surface area contributed by atoms with Crippen LogP contribution in [0.3, 0.4) is 0 Å². The highest BCUT2D eigenvalue weighted by molar-refractivity contribution is 5.58. The van der Waals surface area contributed by atoms with E-state index in [0.29, 0.717) is 5.41 Å². The Morgan fingerprint density at radius 1 is 1.31 bits per heavy atom. The Bertz CT molecular complexity index is 440. The van der Waals surface area contributed by atoms with Crippen LogP contribution < -0.4 is 4.90 Å². The van der Waals surface area contributed by atoms with Crippen LogP contribution in [0.2, 0.25) is 0 Å². The van der Waals surface area contributed by atoms with Gasteiger partial charge in [-0.05, 0) is 30.9 Å². The number of hydrogen-bond donors (Lipinski definition) is 0. The highest BCUT2D eigenvalue weighted by atomic mass is 15.2. The summed E-state index contributed by atoms with van der Waals surface area (Å²) < 4.78 is 0. The van der Waals surface area contributed by atoms with Crippen molar-refractivity contribution in [1.29, 1.82) is 5.26 Å². The molecule has 1 saturated carbocycles. The van der Waals surface area contributed by atoms with Gasteiger partial charge in [-0.3, -0.25) is 0 Å². The van der Waals surface area contributed by atoms with Crippen LogP contribution >= 0.6 is 0 Å². The average molecular weight is 212 g/mol. The van der Waals surface area contributed by atoms with E-state index < -0.39 is 0 Å². The van der Waals surface area contributed by atoms with Crippen molar-refractivity contribution in [3.05, 3.63) is 29.8 Å². The molecule has 0 N–H and O–H groups in total. The molecule has 3 rings (SSSR count). The Hall–Kier alpha value is -1.49. The first-order valence-electron chi connectivity index (χ1n) is 6.03. The highest BCUT2D eigenvalue weighted by Gasteiger charge is 2.44. The maximum absolute atomic E-state index is 8.84. The largest absolute Gasteiger partial charge is 0.370 e. The molecule has 0 amide bonds. The van der Waals surface area contributed by atoms with E-state index in [-0.39, 0.29) is 0 Å². The summed E-state index contributed by atoms with van der Waals surface area (Å²) in [6, 6.07) is 11.0. The van der Waals surface area contributed by atoms with Gasteiger partial charge >= 0.3 is 0 Å². The first-order valence-corrected chi connectivity index (χ1v) is 6.03. The number of nitriles is 1. The van der Waals surface area contributed by atoms with Gasteiger partial charge in [-0.15, -0.1) is 0 Å². The van der Waals surface area contributed by atoms with Crippen molar-refractivity contribution in [2.45, 2.75) is 25.7 Å². The van der Waals surface area contributed by atoms with E-state index in [1.807, 2.05) is 0 Å². The Morgan fingerprint density at radius 2 is 2.12 bits per heavy atom. The lowest BCUT2D eigenvalue weighted by Gasteiger charge is -2.24. The third-order valence-corrected chi connectivity index (χ3v) is 3.92. The molecule has 0 aromatic heterocycles. The summed E-state index contributed by atoms with van der Waals surface area (Å²) in [4.78, 5) is 2.47. The number of fused-ring (bicyclic) bond motifs is 1. The molecule has 0 spiro atoms. The predicted octanol–water partition coefficient (Wildman–Crippen LogP) is 2.74. The number of benzene rings is 1. The van der Waals surface area contributed by atoms with Crippen LogP contribution in [0.25, 0.3) is 0 Å². The third kappa shape index (κ3) is 1.57. The molecule has 82 valence electrons. The summed E-state index contributed by atoms with van der Waals surface area (Å²) in [5, 5.41) is 8.84. The van der Waals surface area contributed by atoms with Gasteiger partial charge in [-0.2, -0.15) is 5.26 Å². The monoisotopic (exact) mass is 212 g/mol. The average Bonchev–Trinajstić information content (AvgIpc) is 2.93. The number of hydrogen-bond acceptors (Lipinski definition) is 2. The first kappa shape index (κ1) is 9.72. The van der Waals surface area contributed by atoms with Gasteiger partial charge in [0.2, 0.25) is 0 Å². The minimum absolute atomic E-state index is 0.326. The highest BCUT2D eigenvalue weighted by Crippen LogP contribution is 2.50. The standard InChI is InChI=1S/C14H16N2/c15-9-8-14(6-7-14)11-16-10-5-12-3-1-2-4-13(12)16/h1-4H,5-8,10-11H2. The second-order valence-electron chi connectivity index (χ2n) is 5.14. The van der Waals surface area contributed by atoms with Crippen molar-refractivity contribution in [2.24, 2.45) is 5.41 Å². The van der Waals surface area contributed by atoms with Crippen LogP contribution in [0.4, 0.5) is 5.69 Å². The molecule has 1 aliphatic carbocycles. The Morgan fingerprint density at radius 3 is 2.88 bits per heavy atom. The smallest absolute Gasteiger partial charge is 0.0628 e. The summed E-state index contributed by atoms with van der Waals surface area (Å²) in [7, 11) is 0. The molecule has 2 nitrogen and oxygen atoms in total. The topological polar surface area (TPSA) is 27.0 Å². The van der Waals surface area contributed by atoms with E-state index in [1.165, 1.54) is 30.5 Å². The van der Waals surface area contributed by atoms with Gasteiger partial charge in [0.25, 0.3) is 0 Å². The summed E-state index contributed by atoms with van der Waals surface area (Å²) in [6.45, 7) is 2.21. The van der Waals surface area contributed by atoms with Crippen LogP contribution in [-0.4, -0.2) is 13.1 Å². The molecule has 2 heteroatoms. The van der Waals surface area contributed by atoms with E-state index in [1.54, 1.807) is 0 Å². The van der Waals surface area contributed by atoms with Gasteiger partial charge < -0.3 is 4.90 Å². The molecule has 1 aromatic rings. The fraction of sp³-hybridized carbons (Fsp3) is 0.500. The number of anilines is 1. The van der Waals surface area contributed by atoms with Gasteiger partial charge in [0, 0.05) is 30.6 Å². The molecule has 0 saturated heterocycles. The molecule has 0 atom stereocenters. The quantitative estimate of drug-likeness (QED) is 0.770. The van der Waals surface area contributed by atoms with Crippen LogP contribution in [-0.2, 0) is 6.42 Å². The van der Waals surface area contributed by atoms with Crippen LogP contribution in [0, 0.1) is 16.7 Å². The molecule has 1 aliphatic heterocycles. The molecular weight excluding hydrogens is 196 g/mol. The summed E-state index contributed by atoms with van der Waals surface area (Å²) in [5.41, 5.74) is 3.19. The second kappa shape index (κ2) is 3.52. The maximum Gasteiger partial charge on any atom is 0.0628 e. The molecule has 1 fully saturated rings. The summed E-state index contributed by atoms with van der Waals surface area (Å²) in [5.74, 6) is 0. The van der Waals surface area contributed by atoms with Gasteiger partial charge in [0.05, 0.1) is 6.07 Å². The van der Waals surface area contributed by atoms with E-state index in [4.69, 9.17) is 5.26 Å². The Balaban J connectivity index is 1.77. The van der Waals surface area contributed by atoms with Crippen LogP contribution in [0.15, 0.2) is 24.3 Å². The van der Waals surface area contributed by atoms with Gasteiger partial charge in [-0.25, -0.2) is 0 Å². The Labute approximate surface area is 96.5 Å². The van der Waals surface area contributed by atoms with Gasteiger partial charge in [0.15, 0.2) is 0 Å². The van der Waals surface area contributed by atoms with Gasteiger partial charge in [-0.1, -0.05) is 18.2 Å². The minimum Gasteiger partial charge on any atom is -0.370 e. The first-order chi connectivity index (χ1) is 7.83. The van der Waals surface area contributed by atoms with Crippen molar-refractivity contribution in [3.8, 4) is 6.07 Å². The lowest BCUT2D eigenvalue weighted by Crippen LogP contribution is -2.28. The lowest BCUT2D eigenvalue weighted by molar-refractivity contribution is 0.515. The molecular formula is C14H16N2. The summed E-state index contributed by atoms with van der Waals surface area (Å²) >= 11 is 0. The molecule has 2 aliphatic rings. The normalized spacial score (nSPS) is 20.3. The Kier molecular flexibility index (Phi) is 2.14. The molecule has 1 heterocycles. The second-order valence-corrected chi connectivity index (χ2v) is 5.14. The molecule has 0 radical (unpaired) electrons. The predicted molar refractivity (Wildman–Crippen MR) is 64.3 cm³/mol. The molecule has 0 unspecified atom stereocenters. The van der Waals surface area contributed by atoms with Crippen molar-refractivity contribution in [3.63, 3.8) is 0 Å². The zero-order valence-corrected chi connectivity index (χ0v) is 9.45. The molecule has 1 aromatic carbocycles. The van der Waals surface area contributed by atoms with Crippen LogP contribution in [0.5, 0.6) is 0 Å². The van der Waals surface area contributed by atoms with E-state index in [2.05, 4.69) is 35.2 Å². The fourth-order valence-electron chi connectivity index (χ4n) is 2.71. The minimum atomic E-state index is 0.326. The number of rotatable bonds is 3. The third-order valence-electron chi connectivity index (χ3n) is 3.92. The fourth-order valence-corrected chi connectivity index (χ4v) is 2.71. The van der Waals surface area contributed by atoms with E-state index >= 15 is 0 Å². The van der Waals surface area contributed by atoms with Crippen LogP contribution in [0.1, 0.15) is 24.8 Å². The number of nitrogens with zero attached hydrogens (tertiary/aromatic N) is 2. The van der Waals surface area contributed by atoms with E-state index in [9.17, 15) is 0 Å². The maximum atomic E-state index is 8.84. The lowest BCUT2D eigenvalue weighted by atomic mass is 10.0. The van der Waals surface area contributed by atoms with Crippen molar-refractivity contribution in [1.82, 2.24) is 0 Å². The van der Waals surface area contributed by atoms with Crippen molar-refractivity contribution in [2.75, 3.05) is 18.0 Å². The zero-order valence-electron chi connectivity index (χ0n) is 9.45. The number of para-hydroxylation sites is 1. The van der Waals surface area contributed by atoms with Gasteiger partial charge in [0.1, 0.15) is 0 Å². The SMILES string of the molecule is N#CCC1(CN2CCc3ccccc32)CC1. The van der Waals surface area contributed by atoms with E-state index in [0.717, 1.165) is 19.5 Å². The molecule has 16 heavy (non-hydrogen) atoms. The zero-order chi connectivity index (χ0) is 11.0. The van der Waals surface area contributed by atoms with Crippen molar-refractivity contribution < 1.29 is 0 Å². The summed E-state index contributed by atoms with van der Waals surface area (Å²) in [6.07, 6.45) is 4.36.